The molecule has 8 atom stereocenters. The van der Waals surface area contributed by atoms with E-state index in [1.807, 2.05) is 0 Å². The Balaban J connectivity index is 1.22. The summed E-state index contributed by atoms with van der Waals surface area (Å²) in [7, 11) is -2.88. The molecule has 6 rings (SSSR count). The third-order valence-electron chi connectivity index (χ3n) is 17.1. The first-order valence-corrected chi connectivity index (χ1v) is 22.7. The van der Waals surface area contributed by atoms with Crippen molar-refractivity contribution < 1.29 is 18.0 Å². The molecule has 0 bridgehead atoms. The van der Waals surface area contributed by atoms with Gasteiger partial charge in [0.25, 0.3) is 0 Å². The highest BCUT2D eigenvalue weighted by atomic mass is 32.2. The Morgan fingerprint density at radius 1 is 0.863 bits per heavy atom. The number of carbonyl (C=O) groups is 2. The highest BCUT2D eigenvalue weighted by Gasteiger charge is 2.68. The zero-order chi connectivity index (χ0) is 37.4. The third kappa shape index (κ3) is 6.63. The van der Waals surface area contributed by atoms with E-state index in [-0.39, 0.29) is 62.2 Å². The lowest BCUT2D eigenvalue weighted by molar-refractivity contribution is -0.194. The average Bonchev–Trinajstić information content (AvgIpc) is 3.04. The van der Waals surface area contributed by atoms with E-state index in [9.17, 15) is 18.0 Å². The lowest BCUT2D eigenvalue weighted by Crippen LogP contribution is -2.64. The number of carbonyl (C=O) groups excluding carboxylic acids is 2. The van der Waals surface area contributed by atoms with Gasteiger partial charge in [0.15, 0.2) is 9.84 Å². The van der Waals surface area contributed by atoms with Gasteiger partial charge in [0.05, 0.1) is 23.0 Å². The molecule has 8 heteroatoms. The molecular weight excluding hydrogens is 655 g/mol. The molecule has 0 aromatic rings. The highest BCUT2D eigenvalue weighted by molar-refractivity contribution is 7.91. The van der Waals surface area contributed by atoms with Gasteiger partial charge >= 0.3 is 0 Å². The summed E-state index contributed by atoms with van der Waals surface area (Å²) in [5.74, 6) is 2.80. The molecule has 5 aliphatic carbocycles. The topological polar surface area (TPSA) is 110 Å². The maximum absolute atomic E-state index is 14.5. The molecule has 290 valence electrons. The predicted octanol–water partition coefficient (Wildman–Crippen LogP) is 7.73. The lowest BCUT2D eigenvalue weighted by atomic mass is 9.33. The second-order valence-corrected chi connectivity index (χ2v) is 23.2. The first-order valence-electron chi connectivity index (χ1n) is 20.8. The van der Waals surface area contributed by atoms with Crippen molar-refractivity contribution in [2.75, 3.05) is 37.7 Å². The Bertz CT molecular complexity index is 1500. The Labute approximate surface area is 311 Å². The fraction of sp³-hybridized carbons (Fsp3) is 0.907. The zero-order valence-electron chi connectivity index (χ0n) is 33.9. The summed E-state index contributed by atoms with van der Waals surface area (Å²) in [6, 6.07) is -0.360. The monoisotopic (exact) mass is 728 g/mol. The second kappa shape index (κ2) is 13.5. The van der Waals surface area contributed by atoms with Crippen molar-refractivity contribution in [1.29, 1.82) is 0 Å². The van der Waals surface area contributed by atoms with Crippen LogP contribution in [0.15, 0.2) is 11.1 Å². The number of nitrogens with two attached hydrogens (primary N) is 1. The second-order valence-electron chi connectivity index (χ2n) is 20.9. The van der Waals surface area contributed by atoms with Crippen molar-refractivity contribution in [3.05, 3.63) is 11.1 Å². The van der Waals surface area contributed by atoms with Gasteiger partial charge in [-0.25, -0.2) is 8.42 Å². The Morgan fingerprint density at radius 3 is 2.20 bits per heavy atom. The van der Waals surface area contributed by atoms with Crippen LogP contribution in [0, 0.1) is 56.2 Å². The smallest absolute Gasteiger partial charge is 0.230 e. The summed E-state index contributed by atoms with van der Waals surface area (Å²) >= 11 is 0. The van der Waals surface area contributed by atoms with Crippen LogP contribution < -0.4 is 11.1 Å². The molecule has 6 aliphatic rings. The molecule has 7 nitrogen and oxygen atoms in total. The highest BCUT2D eigenvalue weighted by Crippen LogP contribution is 2.76. The number of Topliss-reactive ketones (excluding diaryl/α,β-unsaturated/α-hetero) is 1. The van der Waals surface area contributed by atoms with Crippen molar-refractivity contribution in [3.8, 4) is 0 Å². The molecule has 0 aromatic carbocycles. The fourth-order valence-corrected chi connectivity index (χ4v) is 14.7. The van der Waals surface area contributed by atoms with Crippen molar-refractivity contribution in [1.82, 2.24) is 10.2 Å². The van der Waals surface area contributed by atoms with Gasteiger partial charge in [-0.15, -0.1) is 0 Å². The summed E-state index contributed by atoms with van der Waals surface area (Å²) in [6.45, 7) is 24.5. The van der Waals surface area contributed by atoms with Gasteiger partial charge in [-0.3, -0.25) is 9.59 Å². The number of sulfone groups is 1. The molecule has 5 fully saturated rings. The minimum atomic E-state index is -2.88. The van der Waals surface area contributed by atoms with Gasteiger partial charge in [-0.2, -0.15) is 0 Å². The van der Waals surface area contributed by atoms with E-state index in [2.05, 4.69) is 72.5 Å². The number of nitrogens with zero attached hydrogens (tertiary/aromatic N) is 1. The van der Waals surface area contributed by atoms with Crippen molar-refractivity contribution in [2.24, 2.45) is 61.9 Å². The molecule has 0 aromatic heterocycles. The standard InChI is InChI=1S/C43H73N3O4S/c1-29(2)36(44)33(47)27-30-13-15-40(7)34(39(30,5)6)14-16-42(9)35(40)12-11-31-32-28-38(3,4)17-19-43(32,20-18-41(31,42)8)37(48)45-21-10-22-46-23-25-51(49,50)26-24-46/h29-30,34-36H,10-28,44H2,1-9H3,(H,45,48)/t30-,34+,35-,36+,40+,41-,42-,43+/m1/s1. The Hall–Kier alpha value is -1.25. The third-order valence-corrected chi connectivity index (χ3v) is 18.7. The van der Waals surface area contributed by atoms with Crippen LogP contribution in [0.5, 0.6) is 0 Å². The van der Waals surface area contributed by atoms with Crippen molar-refractivity contribution in [2.45, 2.75) is 152 Å². The van der Waals surface area contributed by atoms with Crippen LogP contribution in [0.1, 0.15) is 146 Å². The fourth-order valence-electron chi connectivity index (χ4n) is 13.5. The van der Waals surface area contributed by atoms with Gasteiger partial charge in [-0.05, 0) is 134 Å². The number of hydrogen-bond donors (Lipinski definition) is 2. The van der Waals surface area contributed by atoms with E-state index < -0.39 is 15.3 Å². The molecule has 1 heterocycles. The number of hydrogen-bond acceptors (Lipinski definition) is 6. The van der Waals surface area contributed by atoms with Crippen LogP contribution in [-0.4, -0.2) is 68.7 Å². The number of allylic oxidation sites excluding steroid dienone is 1. The summed E-state index contributed by atoms with van der Waals surface area (Å²) in [5, 5.41) is 3.43. The van der Waals surface area contributed by atoms with E-state index in [0.717, 1.165) is 57.9 Å². The molecule has 0 unspecified atom stereocenters. The number of nitrogens with one attached hydrogen (secondary N) is 1. The Kier molecular flexibility index (Phi) is 10.4. The largest absolute Gasteiger partial charge is 0.355 e. The molecule has 1 aliphatic heterocycles. The first-order chi connectivity index (χ1) is 23.6. The predicted molar refractivity (Wildman–Crippen MR) is 208 cm³/mol. The van der Waals surface area contributed by atoms with Gasteiger partial charge in [0.1, 0.15) is 5.78 Å². The molecule has 0 spiro atoms. The SMILES string of the molecule is CC(C)[C@H](N)C(=O)C[C@H]1CC[C@]2(C)[C@H]3CCC4=C5CC(C)(C)CC[C@]5(C(=O)NCCCN5CCS(=O)(=O)CC5)CC[C@@]4(C)[C@]3(C)CC[C@H]2C1(C)C. The molecular formula is C43H73N3O4S. The van der Waals surface area contributed by atoms with Crippen LogP contribution in [0.3, 0.4) is 0 Å². The minimum Gasteiger partial charge on any atom is -0.355 e. The maximum atomic E-state index is 14.5. The van der Waals surface area contributed by atoms with Crippen LogP contribution in [0.25, 0.3) is 0 Å². The van der Waals surface area contributed by atoms with Crippen LogP contribution >= 0.6 is 0 Å². The van der Waals surface area contributed by atoms with Crippen LogP contribution in [-0.2, 0) is 19.4 Å². The molecule has 1 amide bonds. The van der Waals surface area contributed by atoms with Gasteiger partial charge in [-0.1, -0.05) is 73.5 Å². The average molecular weight is 728 g/mol. The zero-order valence-corrected chi connectivity index (χ0v) is 34.7. The van der Waals surface area contributed by atoms with Gasteiger partial charge in [0, 0.05) is 26.1 Å². The molecule has 0 radical (unpaired) electrons. The van der Waals surface area contributed by atoms with Gasteiger partial charge in [0.2, 0.25) is 5.91 Å². The minimum absolute atomic E-state index is 0.0893. The van der Waals surface area contributed by atoms with Crippen molar-refractivity contribution in [3.63, 3.8) is 0 Å². The molecule has 4 saturated carbocycles. The van der Waals surface area contributed by atoms with E-state index >= 15 is 0 Å². The summed E-state index contributed by atoms with van der Waals surface area (Å²) < 4.78 is 23.7. The van der Waals surface area contributed by atoms with E-state index in [0.29, 0.717) is 43.8 Å². The maximum Gasteiger partial charge on any atom is 0.230 e. The molecule has 3 N–H and O–H groups in total. The summed E-state index contributed by atoms with van der Waals surface area (Å²) in [6.07, 6.45) is 13.6. The van der Waals surface area contributed by atoms with E-state index in [1.54, 1.807) is 5.57 Å². The molecule has 51 heavy (non-hydrogen) atoms. The molecule has 1 saturated heterocycles. The van der Waals surface area contributed by atoms with Crippen molar-refractivity contribution >= 4 is 21.5 Å². The lowest BCUT2D eigenvalue weighted by Gasteiger charge is -2.71. The van der Waals surface area contributed by atoms with E-state index in [1.165, 1.54) is 31.3 Å². The number of ketones is 1. The first kappa shape index (κ1) is 39.4. The normalized spacial score (nSPS) is 40.7. The van der Waals surface area contributed by atoms with Crippen LogP contribution in [0.2, 0.25) is 0 Å². The summed E-state index contributed by atoms with van der Waals surface area (Å²) in [4.78, 5) is 30.0. The van der Waals surface area contributed by atoms with Crippen LogP contribution in [0.4, 0.5) is 0 Å². The number of rotatable bonds is 9. The summed E-state index contributed by atoms with van der Waals surface area (Å²) in [5.41, 5.74) is 9.93. The quantitative estimate of drug-likeness (QED) is 0.186. The number of fused-ring (bicyclic) bond motifs is 6. The Morgan fingerprint density at radius 2 is 1.53 bits per heavy atom. The van der Waals surface area contributed by atoms with E-state index in [4.69, 9.17) is 5.73 Å². The number of amides is 1. The van der Waals surface area contributed by atoms with Gasteiger partial charge < -0.3 is 16.0 Å².